The molecule has 0 saturated carbocycles. The number of hydrogen-bond donors (Lipinski definition) is 1. The molecule has 1 N–H and O–H groups in total. The van der Waals surface area contributed by atoms with Gasteiger partial charge in [0, 0.05) is 39.3 Å². The monoisotopic (exact) mass is 422 g/mol. The van der Waals surface area contributed by atoms with Crippen molar-refractivity contribution in [2.75, 3.05) is 66.5 Å². The van der Waals surface area contributed by atoms with E-state index in [9.17, 15) is 5.11 Å². The van der Waals surface area contributed by atoms with Gasteiger partial charge in [0.05, 0.1) is 0 Å². The summed E-state index contributed by atoms with van der Waals surface area (Å²) in [5, 5.41) is 10.8. The Balaban J connectivity index is 1.36. The fourth-order valence-corrected chi connectivity index (χ4v) is 4.69. The van der Waals surface area contributed by atoms with E-state index >= 15 is 0 Å². The Kier molecular flexibility index (Phi) is 7.75. The van der Waals surface area contributed by atoms with E-state index in [1.54, 1.807) is 0 Å². The number of hydrogen-bond acceptors (Lipinski definition) is 5. The Hall–Kier alpha value is -1.76. The van der Waals surface area contributed by atoms with Crippen molar-refractivity contribution in [3.63, 3.8) is 0 Å². The molecule has 0 aliphatic carbocycles. The molecule has 4 rings (SSSR count). The largest absolute Gasteiger partial charge is 0.374 e. The van der Waals surface area contributed by atoms with Crippen LogP contribution in [0.15, 0.2) is 48.5 Å². The molecule has 168 valence electrons. The summed E-state index contributed by atoms with van der Waals surface area (Å²) in [5.41, 5.74) is 4.80. The second-order valence-electron chi connectivity index (χ2n) is 9.32. The lowest BCUT2D eigenvalue weighted by Gasteiger charge is -2.26. The third-order valence-corrected chi connectivity index (χ3v) is 6.81. The number of rotatable bonds is 5. The molecule has 2 fully saturated rings. The zero-order valence-electron chi connectivity index (χ0n) is 19.2. The van der Waals surface area contributed by atoms with Crippen molar-refractivity contribution < 1.29 is 5.11 Å². The summed E-state index contributed by atoms with van der Waals surface area (Å²) in [5.74, 6) is 0. The summed E-state index contributed by atoms with van der Waals surface area (Å²) in [6, 6.07) is 17.4. The second-order valence-corrected chi connectivity index (χ2v) is 9.32. The van der Waals surface area contributed by atoms with E-state index in [-0.39, 0.29) is 0 Å². The van der Waals surface area contributed by atoms with Gasteiger partial charge in [-0.3, -0.25) is 9.80 Å². The summed E-state index contributed by atoms with van der Waals surface area (Å²) in [6.07, 6.45) is 1.84. The standard InChI is InChI=1S/C26H38N4O/c1-27-13-3-15-29(19-17-27)21-22-5-7-23(8-6-22)24-9-11-25(12-10-24)26(31)30-16-4-14-28(2)18-20-30/h5-12,26,31H,3-4,13-21H2,1-2H3. The lowest BCUT2D eigenvalue weighted by Crippen LogP contribution is -2.32. The number of aliphatic hydroxyl groups excluding tert-OH is 1. The first kappa shape index (κ1) is 22.4. The van der Waals surface area contributed by atoms with Gasteiger partial charge < -0.3 is 14.9 Å². The average Bonchev–Trinajstić information content (AvgIpc) is 3.14. The number of likely N-dealkylation sites (N-methyl/N-ethyl adjacent to an activating group) is 2. The van der Waals surface area contributed by atoms with Crippen LogP contribution in [0.25, 0.3) is 11.1 Å². The molecule has 2 aromatic rings. The van der Waals surface area contributed by atoms with Gasteiger partial charge in [0.25, 0.3) is 0 Å². The van der Waals surface area contributed by atoms with Crippen molar-refractivity contribution in [3.8, 4) is 11.1 Å². The summed E-state index contributed by atoms with van der Waals surface area (Å²) in [4.78, 5) is 9.52. The van der Waals surface area contributed by atoms with Crippen LogP contribution in [-0.4, -0.2) is 91.2 Å². The zero-order valence-corrected chi connectivity index (χ0v) is 19.2. The summed E-state index contributed by atoms with van der Waals surface area (Å²) in [7, 11) is 4.37. The molecule has 0 radical (unpaired) electrons. The van der Waals surface area contributed by atoms with Crippen LogP contribution in [0.1, 0.15) is 30.2 Å². The van der Waals surface area contributed by atoms with E-state index in [0.717, 1.165) is 57.8 Å². The van der Waals surface area contributed by atoms with Crippen LogP contribution < -0.4 is 0 Å². The first-order valence-electron chi connectivity index (χ1n) is 11.8. The van der Waals surface area contributed by atoms with E-state index in [0.29, 0.717) is 0 Å². The zero-order chi connectivity index (χ0) is 21.6. The minimum absolute atomic E-state index is 0.518. The number of benzene rings is 2. The minimum atomic E-state index is -0.518. The Morgan fingerprint density at radius 3 is 1.94 bits per heavy atom. The lowest BCUT2D eigenvalue weighted by atomic mass is 10.0. The van der Waals surface area contributed by atoms with E-state index in [1.165, 1.54) is 36.2 Å². The highest BCUT2D eigenvalue weighted by atomic mass is 16.3. The van der Waals surface area contributed by atoms with Crippen LogP contribution >= 0.6 is 0 Å². The molecule has 1 atom stereocenters. The van der Waals surface area contributed by atoms with Crippen molar-refractivity contribution in [2.45, 2.75) is 25.6 Å². The van der Waals surface area contributed by atoms with Gasteiger partial charge in [0.2, 0.25) is 0 Å². The fourth-order valence-electron chi connectivity index (χ4n) is 4.69. The van der Waals surface area contributed by atoms with E-state index < -0.39 is 6.23 Å². The summed E-state index contributed by atoms with van der Waals surface area (Å²) >= 11 is 0. The van der Waals surface area contributed by atoms with Gasteiger partial charge in [0.1, 0.15) is 6.23 Å². The highest BCUT2D eigenvalue weighted by Crippen LogP contribution is 2.25. The molecule has 1 unspecified atom stereocenters. The SMILES string of the molecule is CN1CCCN(Cc2ccc(-c3ccc(C(O)N4CCCN(C)CC4)cc3)cc2)CC1. The third-order valence-electron chi connectivity index (χ3n) is 6.81. The van der Waals surface area contributed by atoms with Crippen LogP contribution in [0, 0.1) is 0 Å². The van der Waals surface area contributed by atoms with E-state index in [4.69, 9.17) is 0 Å². The Labute approximate surface area is 187 Å². The molecule has 0 amide bonds. The quantitative estimate of drug-likeness (QED) is 0.801. The van der Waals surface area contributed by atoms with Gasteiger partial charge in [0.15, 0.2) is 0 Å². The molecule has 31 heavy (non-hydrogen) atoms. The maximum Gasteiger partial charge on any atom is 0.133 e. The maximum absolute atomic E-state index is 10.8. The Bertz CT molecular complexity index is 807. The van der Waals surface area contributed by atoms with Crippen molar-refractivity contribution in [3.05, 3.63) is 59.7 Å². The normalized spacial score (nSPS) is 21.5. The summed E-state index contributed by atoms with van der Waals surface area (Å²) in [6.45, 7) is 9.70. The lowest BCUT2D eigenvalue weighted by molar-refractivity contribution is 0.00489. The molecule has 0 spiro atoms. The van der Waals surface area contributed by atoms with Crippen molar-refractivity contribution >= 4 is 0 Å². The molecule has 5 nitrogen and oxygen atoms in total. The van der Waals surface area contributed by atoms with Crippen molar-refractivity contribution in [1.82, 2.24) is 19.6 Å². The highest BCUT2D eigenvalue weighted by molar-refractivity contribution is 5.64. The van der Waals surface area contributed by atoms with Gasteiger partial charge >= 0.3 is 0 Å². The molecule has 2 heterocycles. The fraction of sp³-hybridized carbons (Fsp3) is 0.538. The molecule has 2 aromatic carbocycles. The van der Waals surface area contributed by atoms with E-state index in [1.807, 2.05) is 0 Å². The van der Waals surface area contributed by atoms with Crippen LogP contribution in [-0.2, 0) is 6.54 Å². The van der Waals surface area contributed by atoms with Crippen LogP contribution in [0.4, 0.5) is 0 Å². The number of aliphatic hydroxyl groups is 1. The van der Waals surface area contributed by atoms with Crippen molar-refractivity contribution in [1.29, 1.82) is 0 Å². The number of nitrogens with zero attached hydrogens (tertiary/aromatic N) is 4. The van der Waals surface area contributed by atoms with Crippen LogP contribution in [0.5, 0.6) is 0 Å². The molecule has 0 aromatic heterocycles. The molecule has 2 aliphatic heterocycles. The average molecular weight is 423 g/mol. The molecule has 5 heteroatoms. The predicted molar refractivity (Wildman–Crippen MR) is 128 cm³/mol. The molecule has 2 aliphatic rings. The predicted octanol–water partition coefficient (Wildman–Crippen LogP) is 3.12. The first-order valence-corrected chi connectivity index (χ1v) is 11.8. The maximum atomic E-state index is 10.8. The molecular weight excluding hydrogens is 384 g/mol. The second kappa shape index (κ2) is 10.7. The topological polar surface area (TPSA) is 33.2 Å². The van der Waals surface area contributed by atoms with Crippen LogP contribution in [0.3, 0.4) is 0 Å². The van der Waals surface area contributed by atoms with Crippen LogP contribution in [0.2, 0.25) is 0 Å². The highest BCUT2D eigenvalue weighted by Gasteiger charge is 2.20. The molecule has 0 bridgehead atoms. The Morgan fingerprint density at radius 1 is 0.677 bits per heavy atom. The van der Waals surface area contributed by atoms with Gasteiger partial charge in [-0.15, -0.1) is 0 Å². The van der Waals surface area contributed by atoms with Gasteiger partial charge in [-0.1, -0.05) is 48.5 Å². The minimum Gasteiger partial charge on any atom is -0.374 e. The van der Waals surface area contributed by atoms with Gasteiger partial charge in [-0.25, -0.2) is 0 Å². The Morgan fingerprint density at radius 2 is 1.26 bits per heavy atom. The summed E-state index contributed by atoms with van der Waals surface area (Å²) < 4.78 is 0. The first-order chi connectivity index (χ1) is 15.1. The van der Waals surface area contributed by atoms with E-state index in [2.05, 4.69) is 82.2 Å². The molecule has 2 saturated heterocycles. The van der Waals surface area contributed by atoms with Gasteiger partial charge in [-0.05, 0) is 68.8 Å². The van der Waals surface area contributed by atoms with Gasteiger partial charge in [-0.2, -0.15) is 0 Å². The third kappa shape index (κ3) is 6.15. The van der Waals surface area contributed by atoms with Crippen molar-refractivity contribution in [2.24, 2.45) is 0 Å². The molecular formula is C26H38N4O. The smallest absolute Gasteiger partial charge is 0.133 e.